The number of hydrogen-bond donors (Lipinski definition) is 0. The Bertz CT molecular complexity index is 874. The van der Waals surface area contributed by atoms with Crippen LogP contribution in [0, 0.1) is 17.5 Å². The van der Waals surface area contributed by atoms with E-state index in [1.807, 2.05) is 0 Å². The number of nitrogens with zero attached hydrogens (tertiary/aromatic N) is 3. The lowest BCUT2D eigenvalue weighted by atomic mass is 9.77. The maximum absolute atomic E-state index is 13.9. The average Bonchev–Trinajstić information content (AvgIpc) is 2.65. The van der Waals surface area contributed by atoms with Gasteiger partial charge in [0.1, 0.15) is 5.54 Å². The fraction of sp³-hybridized carbons (Fsp3) is 0.0526. The van der Waals surface area contributed by atoms with Gasteiger partial charge in [0.25, 0.3) is 0 Å². The van der Waals surface area contributed by atoms with Crippen LogP contribution in [0.2, 0.25) is 0 Å². The van der Waals surface area contributed by atoms with Crippen LogP contribution in [-0.2, 0) is 5.54 Å². The van der Waals surface area contributed by atoms with Crippen LogP contribution in [0.1, 0.15) is 16.7 Å². The van der Waals surface area contributed by atoms with Crippen LogP contribution in [0.5, 0.6) is 0 Å². The van der Waals surface area contributed by atoms with E-state index in [-0.39, 0.29) is 5.56 Å². The van der Waals surface area contributed by atoms with E-state index in [2.05, 4.69) is 10.0 Å². The molecule has 25 heavy (non-hydrogen) atoms. The fourth-order valence-electron chi connectivity index (χ4n) is 2.86. The lowest BCUT2D eigenvalue weighted by Crippen LogP contribution is -2.27. The highest BCUT2D eigenvalue weighted by atomic mass is 19.2. The van der Waals surface area contributed by atoms with Crippen molar-refractivity contribution in [2.24, 2.45) is 5.11 Å². The van der Waals surface area contributed by atoms with Crippen LogP contribution in [-0.4, -0.2) is 0 Å². The number of rotatable bonds is 4. The van der Waals surface area contributed by atoms with Crippen LogP contribution in [0.3, 0.4) is 0 Å². The molecule has 3 aromatic rings. The molecule has 0 heterocycles. The van der Waals surface area contributed by atoms with E-state index in [0.717, 1.165) is 12.1 Å². The van der Waals surface area contributed by atoms with Gasteiger partial charge in [0, 0.05) is 4.91 Å². The van der Waals surface area contributed by atoms with E-state index < -0.39 is 23.0 Å². The lowest BCUT2D eigenvalue weighted by Gasteiger charge is -2.31. The average molecular weight is 339 g/mol. The largest absolute Gasteiger partial charge is 0.204 e. The third kappa shape index (κ3) is 2.84. The van der Waals surface area contributed by atoms with Crippen LogP contribution < -0.4 is 0 Å². The smallest absolute Gasteiger partial charge is 0.194 e. The molecule has 0 saturated heterocycles. The normalized spacial score (nSPS) is 11.0. The van der Waals surface area contributed by atoms with E-state index in [1.54, 1.807) is 60.7 Å². The topological polar surface area (TPSA) is 48.8 Å². The summed E-state index contributed by atoms with van der Waals surface area (Å²) in [6.07, 6.45) is 0. The molecule has 0 saturated carbocycles. The Hall–Kier alpha value is -3.24. The van der Waals surface area contributed by atoms with Crippen molar-refractivity contribution >= 4 is 0 Å². The van der Waals surface area contributed by atoms with Gasteiger partial charge in [-0.05, 0) is 34.4 Å². The molecule has 0 atom stereocenters. The first-order valence-electron chi connectivity index (χ1n) is 7.42. The Morgan fingerprint density at radius 2 is 1.16 bits per heavy atom. The van der Waals surface area contributed by atoms with Gasteiger partial charge in [0.15, 0.2) is 17.5 Å². The molecule has 3 rings (SSSR count). The summed E-state index contributed by atoms with van der Waals surface area (Å²) in [4.78, 5) is 2.91. The third-order valence-corrected chi connectivity index (χ3v) is 3.98. The number of benzene rings is 3. The summed E-state index contributed by atoms with van der Waals surface area (Å²) < 4.78 is 41.2. The predicted octanol–water partition coefficient (Wildman–Crippen LogP) is 5.71. The second kappa shape index (κ2) is 6.71. The molecule has 0 fully saturated rings. The van der Waals surface area contributed by atoms with E-state index in [4.69, 9.17) is 0 Å². The molecular formula is C19H12F3N3. The molecule has 0 N–H and O–H groups in total. The molecule has 0 amide bonds. The van der Waals surface area contributed by atoms with Gasteiger partial charge >= 0.3 is 0 Å². The zero-order valence-electron chi connectivity index (χ0n) is 12.9. The van der Waals surface area contributed by atoms with Gasteiger partial charge in [-0.3, -0.25) is 0 Å². The summed E-state index contributed by atoms with van der Waals surface area (Å²) in [5.74, 6) is -4.27. The first-order valence-corrected chi connectivity index (χ1v) is 7.42. The molecule has 0 aliphatic carbocycles. The summed E-state index contributed by atoms with van der Waals surface area (Å²) in [5.41, 5.74) is 8.65. The first-order chi connectivity index (χ1) is 12.1. The molecule has 0 spiro atoms. The van der Waals surface area contributed by atoms with Crippen molar-refractivity contribution in [2.75, 3.05) is 0 Å². The van der Waals surface area contributed by atoms with Crippen molar-refractivity contribution in [3.05, 3.63) is 117 Å². The molecular weight excluding hydrogens is 327 g/mol. The quantitative estimate of drug-likeness (QED) is 0.192. The van der Waals surface area contributed by atoms with Gasteiger partial charge in [-0.25, -0.2) is 13.2 Å². The van der Waals surface area contributed by atoms with Gasteiger partial charge in [0.2, 0.25) is 0 Å². The molecule has 0 aliphatic rings. The first kappa shape index (κ1) is 16.6. The minimum atomic E-state index is -1.57. The van der Waals surface area contributed by atoms with Gasteiger partial charge in [-0.15, -0.1) is 0 Å². The second-order valence-electron chi connectivity index (χ2n) is 5.39. The number of hydrogen-bond acceptors (Lipinski definition) is 1. The van der Waals surface area contributed by atoms with E-state index in [9.17, 15) is 18.7 Å². The molecule has 0 bridgehead atoms. The van der Waals surface area contributed by atoms with Crippen molar-refractivity contribution in [2.45, 2.75) is 5.54 Å². The Balaban J connectivity index is 2.42. The second-order valence-corrected chi connectivity index (χ2v) is 5.39. The highest BCUT2D eigenvalue weighted by Crippen LogP contribution is 2.41. The Labute approximate surface area is 142 Å². The minimum absolute atomic E-state index is 0.000833. The van der Waals surface area contributed by atoms with Crippen LogP contribution >= 0.6 is 0 Å². The minimum Gasteiger partial charge on any atom is -0.204 e. The molecule has 3 aromatic carbocycles. The molecule has 0 aromatic heterocycles. The zero-order valence-corrected chi connectivity index (χ0v) is 12.9. The lowest BCUT2D eigenvalue weighted by molar-refractivity contribution is 0.441. The van der Waals surface area contributed by atoms with Gasteiger partial charge < -0.3 is 0 Å². The van der Waals surface area contributed by atoms with Crippen LogP contribution in [0.25, 0.3) is 10.4 Å². The molecule has 124 valence electrons. The van der Waals surface area contributed by atoms with Crippen molar-refractivity contribution in [3.63, 3.8) is 0 Å². The van der Waals surface area contributed by atoms with Crippen LogP contribution in [0.15, 0.2) is 77.9 Å². The fourth-order valence-corrected chi connectivity index (χ4v) is 2.86. The van der Waals surface area contributed by atoms with Crippen molar-refractivity contribution < 1.29 is 13.2 Å². The van der Waals surface area contributed by atoms with Gasteiger partial charge in [0.05, 0.1) is 0 Å². The Morgan fingerprint density at radius 3 is 1.56 bits per heavy atom. The Morgan fingerprint density at radius 1 is 0.720 bits per heavy atom. The van der Waals surface area contributed by atoms with Gasteiger partial charge in [-0.2, -0.15) is 0 Å². The maximum Gasteiger partial charge on any atom is 0.194 e. The summed E-state index contributed by atoms with van der Waals surface area (Å²) in [6.45, 7) is 0. The molecule has 3 nitrogen and oxygen atoms in total. The Kier molecular flexibility index (Phi) is 4.46. The molecule has 0 unspecified atom stereocenters. The standard InChI is InChI=1S/C19H12F3N3/c20-16-11-15(12-17(21)18(16)22)19(24-25-23,13-7-3-1-4-8-13)14-9-5-2-6-10-14/h1-12H. The SMILES string of the molecule is [N-]=[N+]=NC(c1ccccc1)(c1ccccc1)c1cc(F)c(F)c(F)c1. The van der Waals surface area contributed by atoms with Crippen molar-refractivity contribution in [1.29, 1.82) is 0 Å². The summed E-state index contributed by atoms with van der Waals surface area (Å²) in [6, 6.07) is 18.8. The number of azide groups is 1. The van der Waals surface area contributed by atoms with Crippen molar-refractivity contribution in [1.82, 2.24) is 0 Å². The monoisotopic (exact) mass is 339 g/mol. The molecule has 0 radical (unpaired) electrons. The maximum atomic E-state index is 13.9. The summed E-state index contributed by atoms with van der Waals surface area (Å²) in [5, 5.41) is 3.90. The highest BCUT2D eigenvalue weighted by Gasteiger charge is 2.37. The van der Waals surface area contributed by atoms with Crippen LogP contribution in [0.4, 0.5) is 13.2 Å². The third-order valence-electron chi connectivity index (χ3n) is 3.98. The van der Waals surface area contributed by atoms with Gasteiger partial charge in [-0.1, -0.05) is 65.8 Å². The van der Waals surface area contributed by atoms with Crippen molar-refractivity contribution in [3.8, 4) is 0 Å². The molecule has 0 aliphatic heterocycles. The zero-order chi connectivity index (χ0) is 17.9. The van der Waals surface area contributed by atoms with E-state index in [0.29, 0.717) is 11.1 Å². The van der Waals surface area contributed by atoms with E-state index in [1.165, 1.54) is 0 Å². The summed E-state index contributed by atoms with van der Waals surface area (Å²) in [7, 11) is 0. The summed E-state index contributed by atoms with van der Waals surface area (Å²) >= 11 is 0. The van der Waals surface area contributed by atoms with E-state index >= 15 is 0 Å². The number of halogens is 3. The molecule has 6 heteroatoms. The predicted molar refractivity (Wildman–Crippen MR) is 88.2 cm³/mol. The highest BCUT2D eigenvalue weighted by molar-refractivity contribution is 5.50.